The van der Waals surface area contributed by atoms with Gasteiger partial charge in [-0.2, -0.15) is 0 Å². The van der Waals surface area contributed by atoms with Gasteiger partial charge < -0.3 is 43.5 Å². The van der Waals surface area contributed by atoms with Crippen LogP contribution in [-0.4, -0.2) is 71.3 Å². The molecule has 11 N–H and O–H groups in total. The smallest absolute Gasteiger partial charge is 0.243 e. The van der Waals surface area contributed by atoms with Crippen LogP contribution in [0.5, 0.6) is 0 Å². The molecule has 5 atom stereocenters. The van der Waals surface area contributed by atoms with Crippen LogP contribution in [0.1, 0.15) is 62.1 Å². The van der Waals surface area contributed by atoms with E-state index < -0.39 is 59.7 Å². The summed E-state index contributed by atoms with van der Waals surface area (Å²) in [5.74, 6) is -2.98. The molecule has 0 unspecified atom stereocenters. The summed E-state index contributed by atoms with van der Waals surface area (Å²) < 4.78 is 1.04. The van der Waals surface area contributed by atoms with E-state index in [0.717, 1.165) is 50.5 Å². The number of rotatable bonds is 22. The molecule has 13 nitrogen and oxygen atoms in total. The van der Waals surface area contributed by atoms with Gasteiger partial charge in [-0.25, -0.2) is 0 Å². The van der Waals surface area contributed by atoms with Crippen molar-refractivity contribution in [2.75, 3.05) is 6.54 Å². The lowest BCUT2D eigenvalue weighted by molar-refractivity contribution is -0.134. The summed E-state index contributed by atoms with van der Waals surface area (Å²) in [5.41, 5.74) is 20.8. The van der Waals surface area contributed by atoms with Crippen LogP contribution in [0.25, 0.3) is 21.0 Å². The number of para-hydroxylation sites is 1. The van der Waals surface area contributed by atoms with Gasteiger partial charge in [-0.1, -0.05) is 86.5 Å². The minimum atomic E-state index is -1.19. The predicted molar refractivity (Wildman–Crippen MR) is 225 cm³/mol. The van der Waals surface area contributed by atoms with E-state index in [1.807, 2.05) is 91.2 Å². The lowest BCUT2D eigenvalue weighted by atomic mass is 10.00. The molecule has 0 fully saturated rings. The van der Waals surface area contributed by atoms with Crippen LogP contribution in [0.15, 0.2) is 90.4 Å². The fraction of sp³-hybridized carbons (Fsp3) is 0.372. The van der Waals surface area contributed by atoms with Gasteiger partial charge in [-0.15, -0.1) is 11.3 Å². The summed E-state index contributed by atoms with van der Waals surface area (Å²) >= 11 is 1.54. The minimum absolute atomic E-state index is 0.0579. The average Bonchev–Trinajstić information content (AvgIpc) is 3.82. The van der Waals surface area contributed by atoms with Gasteiger partial charge in [-0.3, -0.25) is 24.0 Å². The van der Waals surface area contributed by atoms with Crippen molar-refractivity contribution < 1.29 is 24.0 Å². The van der Waals surface area contributed by atoms with Crippen LogP contribution in [0.3, 0.4) is 0 Å². The van der Waals surface area contributed by atoms with Gasteiger partial charge in [0, 0.05) is 41.1 Å². The van der Waals surface area contributed by atoms with E-state index in [2.05, 4.69) is 26.3 Å². The van der Waals surface area contributed by atoms with Crippen molar-refractivity contribution in [3.8, 4) is 0 Å². The lowest BCUT2D eigenvalue weighted by Crippen LogP contribution is -2.59. The average molecular weight is 795 g/mol. The summed E-state index contributed by atoms with van der Waals surface area (Å²) in [7, 11) is 0. The number of hydrogen-bond acceptors (Lipinski definition) is 8. The van der Waals surface area contributed by atoms with Gasteiger partial charge in [0.15, 0.2) is 0 Å². The third kappa shape index (κ3) is 12.0. The number of carbonyl (C=O) groups excluding carboxylic acids is 5. The number of fused-ring (bicyclic) bond motifs is 2. The van der Waals surface area contributed by atoms with Crippen molar-refractivity contribution in [2.45, 2.75) is 94.9 Å². The second-order valence-electron chi connectivity index (χ2n) is 14.4. The molecule has 14 heteroatoms. The number of aromatic nitrogens is 1. The number of nitrogens with two attached hydrogens (primary N) is 3. The maximum absolute atomic E-state index is 14.5. The van der Waals surface area contributed by atoms with E-state index in [0.29, 0.717) is 25.8 Å². The molecule has 0 spiro atoms. The first-order valence-corrected chi connectivity index (χ1v) is 20.5. The van der Waals surface area contributed by atoms with Crippen molar-refractivity contribution >= 4 is 61.9 Å². The van der Waals surface area contributed by atoms with Crippen LogP contribution < -0.4 is 38.5 Å². The van der Waals surface area contributed by atoms with Crippen molar-refractivity contribution in [1.29, 1.82) is 0 Å². The molecular formula is C43H54N8O5S. The zero-order chi connectivity index (χ0) is 40.7. The van der Waals surface area contributed by atoms with Crippen LogP contribution in [0.2, 0.25) is 0 Å². The van der Waals surface area contributed by atoms with Crippen molar-refractivity contribution in [1.82, 2.24) is 26.3 Å². The van der Waals surface area contributed by atoms with Crippen molar-refractivity contribution in [3.63, 3.8) is 0 Å². The number of primary amides is 1. The topological polar surface area (TPSA) is 227 Å². The Morgan fingerprint density at radius 3 is 1.89 bits per heavy atom. The molecule has 0 radical (unpaired) electrons. The molecule has 5 amide bonds. The molecule has 0 saturated heterocycles. The van der Waals surface area contributed by atoms with E-state index in [9.17, 15) is 24.0 Å². The number of H-pyrrole nitrogens is 1. The lowest BCUT2D eigenvalue weighted by Gasteiger charge is -2.27. The second-order valence-corrected chi connectivity index (χ2v) is 15.3. The first-order valence-electron chi connectivity index (χ1n) is 19.6. The van der Waals surface area contributed by atoms with E-state index in [1.165, 1.54) is 11.3 Å². The van der Waals surface area contributed by atoms with Gasteiger partial charge in [0.1, 0.15) is 24.2 Å². The highest BCUT2D eigenvalue weighted by molar-refractivity contribution is 7.17. The molecule has 0 aliphatic carbocycles. The molecule has 5 aromatic rings. The predicted octanol–water partition coefficient (Wildman–Crippen LogP) is 3.48. The summed E-state index contributed by atoms with van der Waals surface area (Å²) in [4.78, 5) is 71.9. The maximum atomic E-state index is 14.5. The first-order chi connectivity index (χ1) is 27.6. The molecular weight excluding hydrogens is 741 g/mol. The van der Waals surface area contributed by atoms with Gasteiger partial charge >= 0.3 is 0 Å². The quantitative estimate of drug-likeness (QED) is 0.0487. The number of amides is 5. The number of thiophene rings is 1. The SMILES string of the molecule is CCCC[C@@H](N)C(=O)N[C@H](Cc1csc2ccccc12)C(=O)N[C@H](Cc1c[nH]c2ccccc12)C(=O)N[C@@H](Cc1ccccc1)C(=O)N[C@H](CCCCN)C(N)=O. The molecule has 2 aromatic heterocycles. The zero-order valence-corrected chi connectivity index (χ0v) is 33.1. The van der Waals surface area contributed by atoms with Gasteiger partial charge in [0.05, 0.1) is 6.04 Å². The van der Waals surface area contributed by atoms with E-state index in [4.69, 9.17) is 17.2 Å². The maximum Gasteiger partial charge on any atom is 0.243 e. The van der Waals surface area contributed by atoms with Gasteiger partial charge in [0.25, 0.3) is 0 Å². The molecule has 0 aliphatic heterocycles. The van der Waals surface area contributed by atoms with Crippen molar-refractivity contribution in [2.24, 2.45) is 17.2 Å². The van der Waals surface area contributed by atoms with E-state index >= 15 is 0 Å². The molecule has 0 saturated carbocycles. The zero-order valence-electron chi connectivity index (χ0n) is 32.3. The molecule has 2 heterocycles. The largest absolute Gasteiger partial charge is 0.368 e. The number of hydrogen-bond donors (Lipinski definition) is 8. The molecule has 3 aromatic carbocycles. The normalized spacial score (nSPS) is 13.9. The van der Waals surface area contributed by atoms with Crippen LogP contribution in [0.4, 0.5) is 0 Å². The summed E-state index contributed by atoms with van der Waals surface area (Å²) in [6, 6.07) is 19.4. The summed E-state index contributed by atoms with van der Waals surface area (Å²) in [6.07, 6.45) is 5.67. The number of unbranched alkanes of at least 4 members (excludes halogenated alkanes) is 2. The number of carbonyl (C=O) groups is 5. The fourth-order valence-electron chi connectivity index (χ4n) is 6.84. The monoisotopic (exact) mass is 794 g/mol. The van der Waals surface area contributed by atoms with E-state index in [1.54, 1.807) is 6.20 Å². The Bertz CT molecular complexity index is 2120. The molecule has 0 bridgehead atoms. The third-order valence-corrected chi connectivity index (χ3v) is 11.1. The summed E-state index contributed by atoms with van der Waals surface area (Å²) in [5, 5.41) is 15.2. The third-order valence-electron chi connectivity index (χ3n) is 10.1. The minimum Gasteiger partial charge on any atom is -0.368 e. The molecule has 5 rings (SSSR count). The first kappa shape index (κ1) is 42.6. The Labute approximate surface area is 336 Å². The molecule has 302 valence electrons. The highest BCUT2D eigenvalue weighted by Gasteiger charge is 2.33. The Kier molecular flexibility index (Phi) is 15.8. The number of nitrogens with one attached hydrogen (secondary N) is 5. The molecule has 57 heavy (non-hydrogen) atoms. The highest BCUT2D eigenvalue weighted by atomic mass is 32.1. The van der Waals surface area contributed by atoms with Crippen LogP contribution in [0, 0.1) is 0 Å². The number of aromatic amines is 1. The fourth-order valence-corrected chi connectivity index (χ4v) is 7.81. The van der Waals surface area contributed by atoms with Crippen LogP contribution in [-0.2, 0) is 43.2 Å². The summed E-state index contributed by atoms with van der Waals surface area (Å²) in [6.45, 7) is 2.44. The van der Waals surface area contributed by atoms with Crippen LogP contribution >= 0.6 is 11.3 Å². The van der Waals surface area contributed by atoms with Gasteiger partial charge in [-0.05, 0) is 71.8 Å². The second kappa shape index (κ2) is 21.1. The Morgan fingerprint density at radius 1 is 0.649 bits per heavy atom. The Balaban J connectivity index is 1.45. The number of benzene rings is 3. The Hall–Kier alpha value is -5.57. The molecule has 0 aliphatic rings. The van der Waals surface area contributed by atoms with Gasteiger partial charge in [0.2, 0.25) is 29.5 Å². The Morgan fingerprint density at radius 2 is 1.23 bits per heavy atom. The van der Waals surface area contributed by atoms with Crippen molar-refractivity contribution in [3.05, 3.63) is 107 Å². The standard InChI is InChI=1S/C43H54N8O5S/c1-2-3-17-32(45)40(53)49-37(24-29-26-57-38-20-10-8-16-31(29)38)43(56)51-36(23-28-25-47-33-18-9-7-15-30(28)33)42(55)50-35(22-27-13-5-4-6-14-27)41(54)48-34(39(46)52)19-11-12-21-44/h4-10,13-16,18,20,25-26,32,34-37,47H,2-3,11-12,17,19,21-24,44-45H2,1H3,(H2,46,52)(H,48,54)(H,49,53)(H,50,55)(H,51,56)/t32-,34-,35+,36-,37-/m1/s1. The van der Waals surface area contributed by atoms with E-state index in [-0.39, 0.29) is 25.7 Å². The highest BCUT2D eigenvalue weighted by Crippen LogP contribution is 2.27.